The number of para-hydroxylation sites is 2. The van der Waals surface area contributed by atoms with Crippen LogP contribution in [0.25, 0.3) is 5.76 Å². The molecule has 174 valence electrons. The van der Waals surface area contributed by atoms with E-state index in [9.17, 15) is 19.8 Å². The summed E-state index contributed by atoms with van der Waals surface area (Å²) >= 11 is 0. The Labute approximate surface area is 197 Å². The van der Waals surface area contributed by atoms with E-state index in [-0.39, 0.29) is 23.2 Å². The molecule has 0 spiro atoms. The highest BCUT2D eigenvalue weighted by Gasteiger charge is 2.47. The van der Waals surface area contributed by atoms with E-state index in [0.717, 1.165) is 0 Å². The number of nitrogens with zero attached hydrogens (tertiary/aromatic N) is 1. The Morgan fingerprint density at radius 2 is 1.68 bits per heavy atom. The Morgan fingerprint density at radius 1 is 0.971 bits per heavy atom. The quantitative estimate of drug-likeness (QED) is 0.312. The van der Waals surface area contributed by atoms with E-state index >= 15 is 0 Å². The minimum atomic E-state index is -0.938. The molecule has 4 rings (SSSR count). The normalized spacial score (nSPS) is 17.3. The highest BCUT2D eigenvalue weighted by atomic mass is 16.5. The zero-order valence-corrected chi connectivity index (χ0v) is 19.1. The summed E-state index contributed by atoms with van der Waals surface area (Å²) in [6.45, 7) is 3.77. The number of Topliss-reactive ketones (excluding diaryl/α,β-unsaturated/α-hetero) is 1. The smallest absolute Gasteiger partial charge is 0.300 e. The van der Waals surface area contributed by atoms with Crippen LogP contribution < -0.4 is 14.4 Å². The number of aliphatic hydroxyl groups is 1. The topological polar surface area (TPSA) is 96.3 Å². The van der Waals surface area contributed by atoms with Crippen LogP contribution in [0.5, 0.6) is 17.2 Å². The molecule has 7 nitrogen and oxygen atoms in total. The summed E-state index contributed by atoms with van der Waals surface area (Å²) in [5.41, 5.74) is 1.21. The first kappa shape index (κ1) is 22.9. The second kappa shape index (κ2) is 9.31. The highest BCUT2D eigenvalue weighted by Crippen LogP contribution is 2.45. The average Bonchev–Trinajstić information content (AvgIpc) is 3.09. The monoisotopic (exact) mass is 459 g/mol. The Morgan fingerprint density at radius 3 is 2.35 bits per heavy atom. The van der Waals surface area contributed by atoms with Crippen molar-refractivity contribution >= 4 is 23.1 Å². The molecular formula is C27H25NO6. The van der Waals surface area contributed by atoms with Crippen molar-refractivity contribution in [2.75, 3.05) is 12.0 Å². The van der Waals surface area contributed by atoms with Crippen LogP contribution in [0.3, 0.4) is 0 Å². The van der Waals surface area contributed by atoms with E-state index in [4.69, 9.17) is 9.47 Å². The third kappa shape index (κ3) is 4.20. The van der Waals surface area contributed by atoms with E-state index in [1.807, 2.05) is 13.8 Å². The van der Waals surface area contributed by atoms with Crippen LogP contribution in [0.15, 0.2) is 78.4 Å². The van der Waals surface area contributed by atoms with Gasteiger partial charge in [-0.05, 0) is 55.8 Å². The fraction of sp³-hybridized carbons (Fsp3) is 0.185. The average molecular weight is 459 g/mol. The molecule has 1 unspecified atom stereocenters. The third-order valence-electron chi connectivity index (χ3n) is 5.48. The van der Waals surface area contributed by atoms with Crippen molar-refractivity contribution < 1.29 is 29.3 Å². The van der Waals surface area contributed by atoms with Gasteiger partial charge in [0.2, 0.25) is 0 Å². The van der Waals surface area contributed by atoms with Gasteiger partial charge in [-0.25, -0.2) is 0 Å². The van der Waals surface area contributed by atoms with Gasteiger partial charge in [-0.15, -0.1) is 0 Å². The van der Waals surface area contributed by atoms with Gasteiger partial charge in [-0.2, -0.15) is 0 Å². The molecule has 1 fully saturated rings. The summed E-state index contributed by atoms with van der Waals surface area (Å²) in [5.74, 6) is -0.963. The lowest BCUT2D eigenvalue weighted by Gasteiger charge is -2.26. The molecule has 1 saturated heterocycles. The molecule has 1 aliphatic rings. The maximum atomic E-state index is 13.3. The molecule has 2 N–H and O–H groups in total. The van der Waals surface area contributed by atoms with Gasteiger partial charge in [-0.3, -0.25) is 14.5 Å². The van der Waals surface area contributed by atoms with Gasteiger partial charge < -0.3 is 19.7 Å². The van der Waals surface area contributed by atoms with Crippen LogP contribution in [0.4, 0.5) is 5.69 Å². The van der Waals surface area contributed by atoms with Crippen LogP contribution >= 0.6 is 0 Å². The Hall–Kier alpha value is -4.26. The lowest BCUT2D eigenvalue weighted by atomic mass is 9.95. The summed E-state index contributed by atoms with van der Waals surface area (Å²) in [6, 6.07) is 18.8. The first-order valence-electron chi connectivity index (χ1n) is 10.8. The van der Waals surface area contributed by atoms with Gasteiger partial charge in [0, 0.05) is 5.56 Å². The van der Waals surface area contributed by atoms with E-state index in [0.29, 0.717) is 28.3 Å². The first-order valence-corrected chi connectivity index (χ1v) is 10.8. The lowest BCUT2D eigenvalue weighted by Crippen LogP contribution is -2.29. The predicted octanol–water partition coefficient (Wildman–Crippen LogP) is 4.81. The number of amides is 1. The minimum absolute atomic E-state index is 0.0385. The number of phenols is 1. The molecule has 0 saturated carbocycles. The summed E-state index contributed by atoms with van der Waals surface area (Å²) in [5, 5.41) is 21.1. The molecule has 0 radical (unpaired) electrons. The molecule has 0 aliphatic carbocycles. The van der Waals surface area contributed by atoms with E-state index in [2.05, 4.69) is 0 Å². The van der Waals surface area contributed by atoms with E-state index in [1.165, 1.54) is 24.1 Å². The molecule has 1 amide bonds. The number of aromatic hydroxyl groups is 1. The Bertz CT molecular complexity index is 1260. The fourth-order valence-electron chi connectivity index (χ4n) is 4.03. The van der Waals surface area contributed by atoms with Gasteiger partial charge >= 0.3 is 0 Å². The molecular weight excluding hydrogens is 434 g/mol. The van der Waals surface area contributed by atoms with Crippen molar-refractivity contribution in [3.8, 4) is 17.2 Å². The summed E-state index contributed by atoms with van der Waals surface area (Å²) < 4.78 is 11.2. The molecule has 3 aromatic rings. The number of ether oxygens (including phenoxy) is 2. The molecule has 1 heterocycles. The standard InChI is InChI=1S/C27H25NO6/c1-16(2)34-20-8-6-7-18(15-20)25(30)23-24(17-11-13-19(29)14-12-17)28(27(32)26(23)31)21-9-4-5-10-22(21)33-3/h4-16,24,29-30H,1-3H3/b25-23-. The molecule has 1 atom stereocenters. The van der Waals surface area contributed by atoms with Crippen molar-refractivity contribution in [2.24, 2.45) is 0 Å². The van der Waals surface area contributed by atoms with Crippen LogP contribution in [0.1, 0.15) is 31.0 Å². The number of aliphatic hydroxyl groups excluding tert-OH is 1. The molecule has 7 heteroatoms. The number of ketones is 1. The number of carbonyl (C=O) groups is 2. The SMILES string of the molecule is COc1ccccc1N1C(=O)C(=O)/C(=C(\O)c2cccc(OC(C)C)c2)C1c1ccc(O)cc1. The van der Waals surface area contributed by atoms with Crippen molar-refractivity contribution in [1.29, 1.82) is 0 Å². The maximum absolute atomic E-state index is 13.3. The third-order valence-corrected chi connectivity index (χ3v) is 5.48. The van der Waals surface area contributed by atoms with Gasteiger partial charge in [0.1, 0.15) is 23.0 Å². The fourth-order valence-corrected chi connectivity index (χ4v) is 4.03. The minimum Gasteiger partial charge on any atom is -0.508 e. The number of benzene rings is 3. The largest absolute Gasteiger partial charge is 0.508 e. The van der Waals surface area contributed by atoms with E-state index < -0.39 is 17.7 Å². The predicted molar refractivity (Wildman–Crippen MR) is 128 cm³/mol. The van der Waals surface area contributed by atoms with Crippen molar-refractivity contribution in [1.82, 2.24) is 0 Å². The van der Waals surface area contributed by atoms with Crippen molar-refractivity contribution in [3.05, 3.63) is 89.5 Å². The van der Waals surface area contributed by atoms with Gasteiger partial charge in [0.25, 0.3) is 11.7 Å². The van der Waals surface area contributed by atoms with Gasteiger partial charge in [0.15, 0.2) is 0 Å². The van der Waals surface area contributed by atoms with Gasteiger partial charge in [0.05, 0.1) is 30.5 Å². The Balaban J connectivity index is 1.93. The number of anilines is 1. The number of hydrogen-bond acceptors (Lipinski definition) is 6. The van der Waals surface area contributed by atoms with Crippen molar-refractivity contribution in [3.63, 3.8) is 0 Å². The zero-order chi connectivity index (χ0) is 24.4. The molecule has 1 aliphatic heterocycles. The highest BCUT2D eigenvalue weighted by molar-refractivity contribution is 6.51. The lowest BCUT2D eigenvalue weighted by molar-refractivity contribution is -0.132. The van der Waals surface area contributed by atoms with Crippen LogP contribution in [0.2, 0.25) is 0 Å². The molecule has 34 heavy (non-hydrogen) atoms. The summed E-state index contributed by atoms with van der Waals surface area (Å²) in [6.07, 6.45) is -0.0782. The number of hydrogen-bond donors (Lipinski definition) is 2. The van der Waals surface area contributed by atoms with Crippen molar-refractivity contribution in [2.45, 2.75) is 26.0 Å². The summed E-state index contributed by atoms with van der Waals surface area (Å²) in [4.78, 5) is 27.9. The number of rotatable bonds is 6. The summed E-state index contributed by atoms with van der Waals surface area (Å²) in [7, 11) is 1.48. The molecule has 3 aromatic carbocycles. The molecule has 0 aromatic heterocycles. The maximum Gasteiger partial charge on any atom is 0.300 e. The van der Waals surface area contributed by atoms with Crippen LogP contribution in [0, 0.1) is 0 Å². The van der Waals surface area contributed by atoms with Gasteiger partial charge in [-0.1, -0.05) is 36.4 Å². The van der Waals surface area contributed by atoms with E-state index in [1.54, 1.807) is 60.7 Å². The van der Waals surface area contributed by atoms with Crippen LogP contribution in [-0.4, -0.2) is 35.1 Å². The molecule has 0 bridgehead atoms. The number of carbonyl (C=O) groups excluding carboxylic acids is 2. The Kier molecular flexibility index (Phi) is 6.27. The van der Waals surface area contributed by atoms with Crippen LogP contribution in [-0.2, 0) is 9.59 Å². The zero-order valence-electron chi connectivity index (χ0n) is 19.1. The number of phenolic OH excluding ortho intramolecular Hbond substituents is 1. The first-order chi connectivity index (χ1) is 16.3. The number of methoxy groups -OCH3 is 1. The second-order valence-corrected chi connectivity index (χ2v) is 8.13. The second-order valence-electron chi connectivity index (χ2n) is 8.13.